The van der Waals surface area contributed by atoms with Gasteiger partial charge in [-0.15, -0.1) is 0 Å². The number of rotatable bonds is 10. The molecule has 0 amide bonds. The molecule has 0 bridgehead atoms. The highest BCUT2D eigenvalue weighted by atomic mass is 28.3. The van der Waals surface area contributed by atoms with Crippen LogP contribution in [-0.2, 0) is 20.1 Å². The Morgan fingerprint density at radius 1 is 0.761 bits per heavy atom. The molecular formula is C43H51O2Si. The molecular weight excluding hydrogens is 577 g/mol. The molecule has 239 valence electrons. The summed E-state index contributed by atoms with van der Waals surface area (Å²) in [5.74, 6) is -0.225. The minimum Gasteiger partial charge on any atom is -0.400 e. The SMILES string of the molecule is CC(=CCC(C=O)c1cccc(C(O[Si](c2ccccc2)c2ccccc2)C(C)(C)C)c1)c1ccc2c(c1)C(C)(C)CCC2(C)C. The van der Waals surface area contributed by atoms with E-state index in [4.69, 9.17) is 4.43 Å². The number of carbonyl (C=O) groups excluding carboxylic acids is 1. The van der Waals surface area contributed by atoms with Crippen LogP contribution in [0.1, 0.15) is 114 Å². The highest BCUT2D eigenvalue weighted by Gasteiger charge is 2.37. The minimum atomic E-state index is -1.52. The zero-order valence-electron chi connectivity index (χ0n) is 29.1. The molecule has 0 fully saturated rings. The van der Waals surface area contributed by atoms with Crippen molar-refractivity contribution < 1.29 is 9.22 Å². The lowest BCUT2D eigenvalue weighted by Gasteiger charge is -2.42. The lowest BCUT2D eigenvalue weighted by Crippen LogP contribution is -2.47. The van der Waals surface area contributed by atoms with E-state index in [0.717, 1.165) is 17.4 Å². The Morgan fingerprint density at radius 2 is 1.33 bits per heavy atom. The van der Waals surface area contributed by atoms with E-state index in [0.29, 0.717) is 6.42 Å². The Balaban J connectivity index is 1.42. The van der Waals surface area contributed by atoms with Gasteiger partial charge >= 0.3 is 0 Å². The third kappa shape index (κ3) is 7.53. The van der Waals surface area contributed by atoms with Gasteiger partial charge in [-0.2, -0.15) is 0 Å². The van der Waals surface area contributed by atoms with Crippen LogP contribution in [0.2, 0.25) is 0 Å². The predicted molar refractivity (Wildman–Crippen MR) is 196 cm³/mol. The fraction of sp³-hybridized carbons (Fsp3) is 0.372. The van der Waals surface area contributed by atoms with Crippen molar-refractivity contribution in [2.45, 2.75) is 97.5 Å². The molecule has 0 heterocycles. The Hall–Kier alpha value is -3.53. The van der Waals surface area contributed by atoms with Crippen LogP contribution in [-0.4, -0.2) is 15.3 Å². The molecule has 1 radical (unpaired) electrons. The van der Waals surface area contributed by atoms with E-state index in [-0.39, 0.29) is 28.3 Å². The quantitative estimate of drug-likeness (QED) is 0.129. The first-order valence-corrected chi connectivity index (χ1v) is 18.2. The van der Waals surface area contributed by atoms with E-state index in [1.54, 1.807) is 0 Å². The van der Waals surface area contributed by atoms with Crippen LogP contribution in [0.3, 0.4) is 0 Å². The molecule has 0 saturated heterocycles. The number of aldehydes is 1. The Morgan fingerprint density at radius 3 is 1.89 bits per heavy atom. The van der Waals surface area contributed by atoms with Crippen LogP contribution in [0.4, 0.5) is 0 Å². The van der Waals surface area contributed by atoms with Crippen LogP contribution in [0.25, 0.3) is 5.57 Å². The molecule has 0 saturated carbocycles. The average Bonchev–Trinajstić information content (AvgIpc) is 3.04. The molecule has 0 N–H and O–H groups in total. The zero-order valence-corrected chi connectivity index (χ0v) is 30.1. The highest BCUT2D eigenvalue weighted by molar-refractivity contribution is 6.80. The summed E-state index contributed by atoms with van der Waals surface area (Å²) in [4.78, 5) is 12.6. The van der Waals surface area contributed by atoms with Crippen LogP contribution < -0.4 is 10.4 Å². The lowest BCUT2D eigenvalue weighted by atomic mass is 9.63. The molecule has 2 unspecified atom stereocenters. The van der Waals surface area contributed by atoms with E-state index in [2.05, 4.69) is 165 Å². The summed E-state index contributed by atoms with van der Waals surface area (Å²) in [5, 5.41) is 2.45. The standard InChI is InChI=1S/C43H51O2Si/c1-31(32-24-25-38-39(29-32)43(7,8)27-26-42(38,5)6)22-23-35(30-44)33-16-15-17-34(28-33)40(41(2,3)4)45-46(36-18-11-9-12-19-36)37-20-13-10-14-21-37/h9-22,24-25,28-30,35,40H,23,26-27H2,1-8H3. The predicted octanol–water partition coefficient (Wildman–Crippen LogP) is 9.72. The smallest absolute Gasteiger partial charge is 0.283 e. The molecule has 3 heteroatoms. The molecule has 2 nitrogen and oxygen atoms in total. The number of carbonyl (C=O) groups is 1. The molecule has 4 aromatic rings. The summed E-state index contributed by atoms with van der Waals surface area (Å²) >= 11 is 0. The molecule has 0 aliphatic heterocycles. The molecule has 4 aromatic carbocycles. The van der Waals surface area contributed by atoms with Gasteiger partial charge in [0, 0.05) is 5.92 Å². The van der Waals surface area contributed by atoms with Crippen LogP contribution in [0.5, 0.6) is 0 Å². The maximum Gasteiger partial charge on any atom is 0.283 e. The summed E-state index contributed by atoms with van der Waals surface area (Å²) < 4.78 is 7.18. The van der Waals surface area contributed by atoms with Gasteiger partial charge in [-0.05, 0) is 86.2 Å². The molecule has 1 aliphatic carbocycles. The van der Waals surface area contributed by atoms with Gasteiger partial charge in [0.2, 0.25) is 0 Å². The molecule has 0 aromatic heterocycles. The lowest BCUT2D eigenvalue weighted by molar-refractivity contribution is -0.109. The fourth-order valence-corrected chi connectivity index (χ4v) is 9.14. The van der Waals surface area contributed by atoms with Crippen molar-refractivity contribution in [3.63, 3.8) is 0 Å². The van der Waals surface area contributed by atoms with Gasteiger partial charge in [-0.1, -0.05) is 158 Å². The average molecular weight is 628 g/mol. The van der Waals surface area contributed by atoms with E-state index in [1.165, 1.54) is 45.5 Å². The van der Waals surface area contributed by atoms with E-state index in [1.807, 2.05) is 0 Å². The van der Waals surface area contributed by atoms with E-state index < -0.39 is 9.04 Å². The second-order valence-corrected chi connectivity index (χ2v) is 17.5. The van der Waals surface area contributed by atoms with Crippen LogP contribution in [0.15, 0.2) is 109 Å². The summed E-state index contributed by atoms with van der Waals surface area (Å²) in [6.07, 6.45) is 6.28. The van der Waals surface area contributed by atoms with Crippen molar-refractivity contribution >= 4 is 31.3 Å². The maximum atomic E-state index is 12.6. The normalized spacial score (nSPS) is 17.3. The summed E-state index contributed by atoms with van der Waals surface area (Å²) in [5.41, 5.74) is 7.78. The number of hydrogen-bond acceptors (Lipinski definition) is 2. The fourth-order valence-electron chi connectivity index (χ4n) is 6.82. The largest absolute Gasteiger partial charge is 0.400 e. The van der Waals surface area contributed by atoms with Gasteiger partial charge in [0.25, 0.3) is 9.04 Å². The van der Waals surface area contributed by atoms with Crippen molar-refractivity contribution in [2.24, 2.45) is 5.41 Å². The summed E-state index contributed by atoms with van der Waals surface area (Å²) in [6, 6.07) is 36.8. The van der Waals surface area contributed by atoms with Crippen molar-refractivity contribution in [3.05, 3.63) is 137 Å². The zero-order chi connectivity index (χ0) is 33.1. The van der Waals surface area contributed by atoms with Crippen LogP contribution in [0, 0.1) is 5.41 Å². The van der Waals surface area contributed by atoms with Crippen molar-refractivity contribution in [1.29, 1.82) is 0 Å². The monoisotopic (exact) mass is 627 g/mol. The van der Waals surface area contributed by atoms with Gasteiger partial charge in [-0.3, -0.25) is 0 Å². The third-order valence-electron chi connectivity index (χ3n) is 9.89. The van der Waals surface area contributed by atoms with Crippen molar-refractivity contribution in [1.82, 2.24) is 0 Å². The molecule has 1 aliphatic rings. The van der Waals surface area contributed by atoms with Gasteiger partial charge < -0.3 is 9.22 Å². The number of hydrogen-bond donors (Lipinski definition) is 0. The molecule has 5 rings (SSSR count). The third-order valence-corrected chi connectivity index (χ3v) is 12.1. The Kier molecular flexibility index (Phi) is 10.1. The van der Waals surface area contributed by atoms with Gasteiger partial charge in [0.1, 0.15) is 6.29 Å². The first-order valence-electron chi connectivity index (χ1n) is 16.8. The number of benzene rings is 4. The van der Waals surface area contributed by atoms with Gasteiger partial charge in [0.05, 0.1) is 6.10 Å². The van der Waals surface area contributed by atoms with Crippen molar-refractivity contribution in [3.8, 4) is 0 Å². The maximum absolute atomic E-state index is 12.6. The summed E-state index contributed by atoms with van der Waals surface area (Å²) in [6.45, 7) is 18.4. The molecule has 0 spiro atoms. The first kappa shape index (κ1) is 33.8. The Labute approximate surface area is 279 Å². The second-order valence-electron chi connectivity index (χ2n) is 15.5. The molecule has 2 atom stereocenters. The minimum absolute atomic E-state index is 0.144. The van der Waals surface area contributed by atoms with E-state index in [9.17, 15) is 4.79 Å². The van der Waals surface area contributed by atoms with Crippen LogP contribution >= 0.6 is 0 Å². The molecule has 46 heavy (non-hydrogen) atoms. The first-order chi connectivity index (χ1) is 21.8. The summed E-state index contributed by atoms with van der Waals surface area (Å²) in [7, 11) is -1.52. The van der Waals surface area contributed by atoms with Gasteiger partial charge in [0.15, 0.2) is 0 Å². The van der Waals surface area contributed by atoms with Crippen molar-refractivity contribution in [2.75, 3.05) is 0 Å². The number of allylic oxidation sites excluding steroid dienone is 2. The topological polar surface area (TPSA) is 26.3 Å². The Bertz CT molecular complexity index is 1620. The number of fused-ring (bicyclic) bond motifs is 1. The second kappa shape index (κ2) is 13.7. The van der Waals surface area contributed by atoms with Gasteiger partial charge in [-0.25, -0.2) is 0 Å². The van der Waals surface area contributed by atoms with E-state index >= 15 is 0 Å². The highest BCUT2D eigenvalue weighted by Crippen LogP contribution is 2.46.